The predicted octanol–water partition coefficient (Wildman–Crippen LogP) is -0.163. The predicted molar refractivity (Wildman–Crippen MR) is 65.8 cm³/mol. The van der Waals surface area contributed by atoms with E-state index in [0.29, 0.717) is 5.69 Å². The van der Waals surface area contributed by atoms with Gasteiger partial charge in [-0.25, -0.2) is 0 Å². The van der Waals surface area contributed by atoms with Gasteiger partial charge in [0, 0.05) is 32.2 Å². The van der Waals surface area contributed by atoms with Crippen molar-refractivity contribution >= 4 is 11.7 Å². The molecule has 6 nitrogen and oxygen atoms in total. The van der Waals surface area contributed by atoms with Crippen LogP contribution in [-0.2, 0) is 7.05 Å². The average Bonchev–Trinajstić information content (AvgIpc) is 2.52. The lowest BCUT2D eigenvalue weighted by Crippen LogP contribution is -2.27. The minimum Gasteiger partial charge on any atom is -0.364 e. The van der Waals surface area contributed by atoms with E-state index in [1.165, 1.54) is 0 Å². The highest BCUT2D eigenvalue weighted by Gasteiger charge is 2.18. The lowest BCUT2D eigenvalue weighted by Gasteiger charge is -2.21. The first-order valence-electron chi connectivity index (χ1n) is 5.92. The van der Waals surface area contributed by atoms with Gasteiger partial charge in [0.25, 0.3) is 5.91 Å². The van der Waals surface area contributed by atoms with Gasteiger partial charge in [-0.2, -0.15) is 5.10 Å². The van der Waals surface area contributed by atoms with Crippen molar-refractivity contribution in [3.8, 4) is 0 Å². The number of primary amides is 1. The average molecular weight is 237 g/mol. The molecular formula is C11H19N5O. The van der Waals surface area contributed by atoms with Gasteiger partial charge in [0.2, 0.25) is 0 Å². The number of nitrogens with zero attached hydrogens (tertiary/aromatic N) is 3. The number of carbonyl (C=O) groups excluding carboxylic acids is 1. The molecule has 0 saturated carbocycles. The number of rotatable bonds is 2. The molecule has 2 rings (SSSR count). The molecule has 6 heteroatoms. The third kappa shape index (κ3) is 2.58. The Kier molecular flexibility index (Phi) is 3.33. The number of hydrogen-bond donors (Lipinski definition) is 2. The van der Waals surface area contributed by atoms with E-state index in [-0.39, 0.29) is 6.04 Å². The molecule has 1 aromatic rings. The van der Waals surface area contributed by atoms with E-state index in [1.54, 1.807) is 10.7 Å². The first-order chi connectivity index (χ1) is 8.08. The lowest BCUT2D eigenvalue weighted by molar-refractivity contribution is 0.0995. The van der Waals surface area contributed by atoms with E-state index in [9.17, 15) is 4.79 Å². The van der Waals surface area contributed by atoms with E-state index in [1.807, 2.05) is 7.05 Å². The second-order valence-corrected chi connectivity index (χ2v) is 4.55. The third-order valence-corrected chi connectivity index (χ3v) is 3.20. The molecule has 1 aliphatic heterocycles. The van der Waals surface area contributed by atoms with Gasteiger partial charge in [-0.1, -0.05) is 0 Å². The van der Waals surface area contributed by atoms with Crippen LogP contribution in [0.2, 0.25) is 0 Å². The van der Waals surface area contributed by atoms with Crippen LogP contribution in [0.3, 0.4) is 0 Å². The van der Waals surface area contributed by atoms with E-state index < -0.39 is 5.91 Å². The van der Waals surface area contributed by atoms with Gasteiger partial charge in [-0.3, -0.25) is 9.48 Å². The molecule has 1 aromatic heterocycles. The highest BCUT2D eigenvalue weighted by Crippen LogP contribution is 2.19. The standard InChI is InChI=1S/C11H19N5O/c1-15-10(7-9(14-15)11(13)17)16-5-2-3-8(12)4-6-16/h7-8H,2-6,12H2,1H3,(H2,13,17)/t8-/m1/s1. The lowest BCUT2D eigenvalue weighted by atomic mass is 10.1. The molecule has 1 aliphatic rings. The van der Waals surface area contributed by atoms with Gasteiger partial charge in [-0.15, -0.1) is 0 Å². The Morgan fingerprint density at radius 1 is 1.47 bits per heavy atom. The van der Waals surface area contributed by atoms with Gasteiger partial charge < -0.3 is 16.4 Å². The van der Waals surface area contributed by atoms with Crippen molar-refractivity contribution in [2.24, 2.45) is 18.5 Å². The van der Waals surface area contributed by atoms with Gasteiger partial charge >= 0.3 is 0 Å². The van der Waals surface area contributed by atoms with Crippen molar-refractivity contribution in [3.05, 3.63) is 11.8 Å². The summed E-state index contributed by atoms with van der Waals surface area (Å²) in [5.74, 6) is 0.450. The second kappa shape index (κ2) is 4.75. The first-order valence-corrected chi connectivity index (χ1v) is 5.92. The second-order valence-electron chi connectivity index (χ2n) is 4.55. The number of nitrogens with two attached hydrogens (primary N) is 2. The molecule has 0 unspecified atom stereocenters. The van der Waals surface area contributed by atoms with Crippen molar-refractivity contribution < 1.29 is 4.79 Å². The molecule has 1 fully saturated rings. The highest BCUT2D eigenvalue weighted by atomic mass is 16.1. The van der Waals surface area contributed by atoms with Gasteiger partial charge in [0.05, 0.1) is 0 Å². The van der Waals surface area contributed by atoms with Crippen LogP contribution in [0.5, 0.6) is 0 Å². The summed E-state index contributed by atoms with van der Waals surface area (Å²) in [7, 11) is 1.83. The maximum Gasteiger partial charge on any atom is 0.269 e. The van der Waals surface area contributed by atoms with Crippen LogP contribution < -0.4 is 16.4 Å². The SMILES string of the molecule is Cn1nc(C(N)=O)cc1N1CCC[C@@H](N)CC1. The Morgan fingerprint density at radius 3 is 2.88 bits per heavy atom. The highest BCUT2D eigenvalue weighted by molar-refractivity contribution is 5.91. The molecule has 2 heterocycles. The van der Waals surface area contributed by atoms with E-state index in [0.717, 1.165) is 38.2 Å². The maximum absolute atomic E-state index is 11.1. The Morgan fingerprint density at radius 2 is 2.24 bits per heavy atom. The van der Waals surface area contributed by atoms with Crippen LogP contribution in [0.15, 0.2) is 6.07 Å². The molecule has 0 spiro atoms. The van der Waals surface area contributed by atoms with Crippen molar-refractivity contribution in [3.63, 3.8) is 0 Å². The van der Waals surface area contributed by atoms with Crippen molar-refractivity contribution in [2.75, 3.05) is 18.0 Å². The summed E-state index contributed by atoms with van der Waals surface area (Å²) in [5.41, 5.74) is 11.5. The van der Waals surface area contributed by atoms with Crippen LogP contribution in [0, 0.1) is 0 Å². The van der Waals surface area contributed by atoms with Crippen LogP contribution in [0.4, 0.5) is 5.82 Å². The molecule has 94 valence electrons. The molecule has 0 aromatic carbocycles. The zero-order chi connectivity index (χ0) is 12.4. The zero-order valence-electron chi connectivity index (χ0n) is 10.1. The van der Waals surface area contributed by atoms with Crippen LogP contribution in [-0.4, -0.2) is 34.8 Å². The van der Waals surface area contributed by atoms with Gasteiger partial charge in [0.15, 0.2) is 5.69 Å². The van der Waals surface area contributed by atoms with Crippen LogP contribution in [0.25, 0.3) is 0 Å². The summed E-state index contributed by atoms with van der Waals surface area (Å²) in [6.07, 6.45) is 3.09. The van der Waals surface area contributed by atoms with Gasteiger partial charge in [0.1, 0.15) is 5.82 Å². The molecular weight excluding hydrogens is 218 g/mol. The fourth-order valence-electron chi connectivity index (χ4n) is 2.22. The Bertz CT molecular complexity index is 414. The van der Waals surface area contributed by atoms with Crippen molar-refractivity contribution in [1.29, 1.82) is 0 Å². The minimum atomic E-state index is -0.488. The summed E-state index contributed by atoms with van der Waals surface area (Å²) in [4.78, 5) is 13.3. The monoisotopic (exact) mass is 237 g/mol. The van der Waals surface area contributed by atoms with E-state index in [4.69, 9.17) is 11.5 Å². The Balaban J connectivity index is 2.18. The smallest absolute Gasteiger partial charge is 0.269 e. The fourth-order valence-corrected chi connectivity index (χ4v) is 2.22. The van der Waals surface area contributed by atoms with Crippen molar-refractivity contribution in [2.45, 2.75) is 25.3 Å². The quantitative estimate of drug-likeness (QED) is 0.747. The number of aryl methyl sites for hydroxylation is 1. The zero-order valence-corrected chi connectivity index (χ0v) is 10.1. The molecule has 0 aliphatic carbocycles. The number of aromatic nitrogens is 2. The Labute approximate surface area is 101 Å². The summed E-state index contributed by atoms with van der Waals surface area (Å²) < 4.78 is 1.71. The number of anilines is 1. The molecule has 17 heavy (non-hydrogen) atoms. The molecule has 0 bridgehead atoms. The molecule has 0 radical (unpaired) electrons. The number of carbonyl (C=O) groups is 1. The topological polar surface area (TPSA) is 90.2 Å². The molecule has 1 atom stereocenters. The van der Waals surface area contributed by atoms with Crippen LogP contribution in [0.1, 0.15) is 29.8 Å². The fraction of sp³-hybridized carbons (Fsp3) is 0.636. The van der Waals surface area contributed by atoms with Crippen LogP contribution >= 0.6 is 0 Å². The van der Waals surface area contributed by atoms with Gasteiger partial charge in [-0.05, 0) is 19.3 Å². The maximum atomic E-state index is 11.1. The summed E-state index contributed by atoms with van der Waals surface area (Å²) in [6.45, 7) is 1.85. The third-order valence-electron chi connectivity index (χ3n) is 3.20. The summed E-state index contributed by atoms with van der Waals surface area (Å²) in [6, 6.07) is 2.03. The minimum absolute atomic E-state index is 0.281. The largest absolute Gasteiger partial charge is 0.364 e. The molecule has 1 amide bonds. The normalized spacial score (nSPS) is 21.3. The number of hydrogen-bond acceptors (Lipinski definition) is 4. The van der Waals surface area contributed by atoms with E-state index >= 15 is 0 Å². The molecule has 4 N–H and O–H groups in total. The van der Waals surface area contributed by atoms with Crippen molar-refractivity contribution in [1.82, 2.24) is 9.78 Å². The number of amides is 1. The first kappa shape index (κ1) is 11.9. The summed E-state index contributed by atoms with van der Waals surface area (Å²) in [5, 5.41) is 4.10. The Hall–Kier alpha value is -1.56. The summed E-state index contributed by atoms with van der Waals surface area (Å²) >= 11 is 0. The molecule has 1 saturated heterocycles. The van der Waals surface area contributed by atoms with E-state index in [2.05, 4.69) is 10.00 Å².